The lowest BCUT2D eigenvalue weighted by atomic mass is 10.2. The van der Waals surface area contributed by atoms with Crippen LogP contribution in [0.25, 0.3) is 0 Å². The first-order chi connectivity index (χ1) is 4.05. The standard InChI is InChI=1S/C6H9BrF2/c1-6(8,9)5-2-4(5)3-7/h4-5H,2-3H2,1H3/t4-,5+/m0/s1. The fourth-order valence-corrected chi connectivity index (χ4v) is 1.75. The van der Waals surface area contributed by atoms with Gasteiger partial charge in [0, 0.05) is 11.2 Å². The Morgan fingerprint density at radius 2 is 2.22 bits per heavy atom. The van der Waals surface area contributed by atoms with E-state index in [1.54, 1.807) is 0 Å². The minimum absolute atomic E-state index is 0.227. The molecule has 0 aromatic heterocycles. The summed E-state index contributed by atoms with van der Waals surface area (Å²) in [5.74, 6) is -2.57. The topological polar surface area (TPSA) is 0 Å². The zero-order valence-corrected chi connectivity index (χ0v) is 6.79. The summed E-state index contributed by atoms with van der Waals surface area (Å²) in [5.41, 5.74) is 0. The number of rotatable bonds is 2. The summed E-state index contributed by atoms with van der Waals surface area (Å²) in [4.78, 5) is 0. The monoisotopic (exact) mass is 198 g/mol. The molecule has 0 aliphatic heterocycles. The van der Waals surface area contributed by atoms with E-state index in [9.17, 15) is 8.78 Å². The quantitative estimate of drug-likeness (QED) is 0.599. The summed E-state index contributed by atoms with van der Waals surface area (Å²) < 4.78 is 24.6. The van der Waals surface area contributed by atoms with Crippen molar-refractivity contribution in [3.63, 3.8) is 0 Å². The van der Waals surface area contributed by atoms with E-state index < -0.39 is 5.92 Å². The van der Waals surface area contributed by atoms with Gasteiger partial charge in [0.05, 0.1) is 0 Å². The molecule has 0 saturated heterocycles. The van der Waals surface area contributed by atoms with Gasteiger partial charge in [-0.1, -0.05) is 15.9 Å². The maximum Gasteiger partial charge on any atom is 0.248 e. The van der Waals surface area contributed by atoms with Gasteiger partial charge in [0.1, 0.15) is 0 Å². The van der Waals surface area contributed by atoms with Gasteiger partial charge in [-0.2, -0.15) is 0 Å². The summed E-state index contributed by atoms with van der Waals surface area (Å²) in [6.45, 7) is 1.00. The van der Waals surface area contributed by atoms with Gasteiger partial charge in [-0.3, -0.25) is 0 Å². The van der Waals surface area contributed by atoms with E-state index in [4.69, 9.17) is 0 Å². The van der Waals surface area contributed by atoms with Crippen LogP contribution in [0.1, 0.15) is 13.3 Å². The molecule has 9 heavy (non-hydrogen) atoms. The van der Waals surface area contributed by atoms with Crippen molar-refractivity contribution in [2.24, 2.45) is 11.8 Å². The average Bonchev–Trinajstić information content (AvgIpc) is 2.39. The third-order valence-corrected chi connectivity index (χ3v) is 2.60. The average molecular weight is 199 g/mol. The number of alkyl halides is 3. The molecule has 1 aliphatic rings. The highest BCUT2D eigenvalue weighted by atomic mass is 79.9. The van der Waals surface area contributed by atoms with Gasteiger partial charge in [-0.05, 0) is 19.3 Å². The zero-order chi connectivity index (χ0) is 7.07. The van der Waals surface area contributed by atoms with Gasteiger partial charge in [-0.15, -0.1) is 0 Å². The van der Waals surface area contributed by atoms with Crippen molar-refractivity contribution in [2.45, 2.75) is 19.3 Å². The molecule has 0 radical (unpaired) electrons. The highest BCUT2D eigenvalue weighted by Gasteiger charge is 2.50. The molecule has 54 valence electrons. The van der Waals surface area contributed by atoms with Crippen LogP contribution in [0.3, 0.4) is 0 Å². The highest BCUT2D eigenvalue weighted by Crippen LogP contribution is 2.49. The van der Waals surface area contributed by atoms with Crippen molar-refractivity contribution >= 4 is 15.9 Å². The molecule has 1 saturated carbocycles. The second-order valence-electron chi connectivity index (χ2n) is 2.71. The van der Waals surface area contributed by atoms with E-state index in [2.05, 4.69) is 15.9 Å². The molecule has 0 unspecified atom stereocenters. The normalized spacial score (nSPS) is 34.7. The first kappa shape index (κ1) is 7.45. The molecule has 2 atom stereocenters. The van der Waals surface area contributed by atoms with Crippen molar-refractivity contribution in [3.8, 4) is 0 Å². The largest absolute Gasteiger partial charge is 0.248 e. The third kappa shape index (κ3) is 1.63. The van der Waals surface area contributed by atoms with Gasteiger partial charge in [-0.25, -0.2) is 8.78 Å². The van der Waals surface area contributed by atoms with Crippen molar-refractivity contribution in [3.05, 3.63) is 0 Å². The fourth-order valence-electron chi connectivity index (χ4n) is 1.04. The van der Waals surface area contributed by atoms with E-state index in [0.29, 0.717) is 6.42 Å². The molecule has 0 N–H and O–H groups in total. The Labute approximate surface area is 61.8 Å². The van der Waals surface area contributed by atoms with Crippen molar-refractivity contribution in [2.75, 3.05) is 5.33 Å². The van der Waals surface area contributed by atoms with Crippen molar-refractivity contribution < 1.29 is 8.78 Å². The third-order valence-electron chi connectivity index (χ3n) is 1.77. The minimum atomic E-state index is -2.45. The first-order valence-electron chi connectivity index (χ1n) is 2.99. The van der Waals surface area contributed by atoms with Crippen LogP contribution in [-0.4, -0.2) is 11.3 Å². The molecule has 0 spiro atoms. The summed E-state index contributed by atoms with van der Waals surface area (Å²) >= 11 is 3.18. The molecule has 1 fully saturated rings. The number of halogens is 3. The van der Waals surface area contributed by atoms with Gasteiger partial charge < -0.3 is 0 Å². The zero-order valence-electron chi connectivity index (χ0n) is 5.20. The molecule has 3 heteroatoms. The molecule has 0 amide bonds. The van der Waals surface area contributed by atoms with Crippen LogP contribution >= 0.6 is 15.9 Å². The lowest BCUT2D eigenvalue weighted by Crippen LogP contribution is -2.14. The summed E-state index contributed by atoms with van der Waals surface area (Å²) in [6.07, 6.45) is 0.689. The molecule has 0 bridgehead atoms. The smallest absolute Gasteiger partial charge is 0.207 e. The maximum absolute atomic E-state index is 12.3. The van der Waals surface area contributed by atoms with E-state index in [-0.39, 0.29) is 11.8 Å². The van der Waals surface area contributed by atoms with E-state index in [0.717, 1.165) is 12.3 Å². The second kappa shape index (κ2) is 2.19. The Morgan fingerprint density at radius 1 is 1.67 bits per heavy atom. The molecule has 1 aliphatic carbocycles. The predicted molar refractivity (Wildman–Crippen MR) is 36.0 cm³/mol. The van der Waals surface area contributed by atoms with Crippen LogP contribution in [0.15, 0.2) is 0 Å². The van der Waals surface area contributed by atoms with Crippen LogP contribution in [0, 0.1) is 11.8 Å². The highest BCUT2D eigenvalue weighted by molar-refractivity contribution is 9.09. The SMILES string of the molecule is CC(F)(F)[C@@H]1C[C@H]1CBr. The molecule has 0 nitrogen and oxygen atoms in total. The van der Waals surface area contributed by atoms with Gasteiger partial charge in [0.2, 0.25) is 5.92 Å². The first-order valence-corrected chi connectivity index (χ1v) is 4.11. The Bertz CT molecular complexity index is 108. The Balaban J connectivity index is 2.33. The van der Waals surface area contributed by atoms with E-state index in [1.165, 1.54) is 0 Å². The Hall–Kier alpha value is 0.340. The van der Waals surface area contributed by atoms with Crippen LogP contribution in [0.2, 0.25) is 0 Å². The summed E-state index contributed by atoms with van der Waals surface area (Å²) in [7, 11) is 0. The van der Waals surface area contributed by atoms with Gasteiger partial charge in [0.15, 0.2) is 0 Å². The lowest BCUT2D eigenvalue weighted by molar-refractivity contribution is -0.00620. The van der Waals surface area contributed by atoms with Crippen LogP contribution in [0.4, 0.5) is 8.78 Å². The molecule has 0 aromatic rings. The molecular formula is C6H9BrF2. The lowest BCUT2D eigenvalue weighted by Gasteiger charge is -2.07. The summed E-state index contributed by atoms with van der Waals surface area (Å²) in [5, 5.41) is 0.723. The molecular weight excluding hydrogens is 190 g/mol. The minimum Gasteiger partial charge on any atom is -0.207 e. The van der Waals surface area contributed by atoms with E-state index in [1.807, 2.05) is 0 Å². The van der Waals surface area contributed by atoms with Crippen LogP contribution in [0.5, 0.6) is 0 Å². The Kier molecular flexibility index (Phi) is 1.81. The van der Waals surface area contributed by atoms with Crippen molar-refractivity contribution in [1.82, 2.24) is 0 Å². The van der Waals surface area contributed by atoms with Crippen LogP contribution < -0.4 is 0 Å². The number of hydrogen-bond donors (Lipinski definition) is 0. The van der Waals surface area contributed by atoms with Gasteiger partial charge >= 0.3 is 0 Å². The molecule has 0 heterocycles. The fraction of sp³-hybridized carbons (Fsp3) is 1.00. The predicted octanol–water partition coefficient (Wildman–Crippen LogP) is 2.67. The van der Waals surface area contributed by atoms with Gasteiger partial charge in [0.25, 0.3) is 0 Å². The molecule has 1 rings (SSSR count). The van der Waals surface area contributed by atoms with E-state index >= 15 is 0 Å². The number of hydrogen-bond acceptors (Lipinski definition) is 0. The molecule has 0 aromatic carbocycles. The maximum atomic E-state index is 12.3. The van der Waals surface area contributed by atoms with Crippen molar-refractivity contribution in [1.29, 1.82) is 0 Å². The summed E-state index contributed by atoms with van der Waals surface area (Å²) in [6, 6.07) is 0. The second-order valence-corrected chi connectivity index (χ2v) is 3.36. The Morgan fingerprint density at radius 3 is 2.33 bits per heavy atom. The van der Waals surface area contributed by atoms with Crippen LogP contribution in [-0.2, 0) is 0 Å².